The van der Waals surface area contributed by atoms with Crippen LogP contribution in [0.4, 0.5) is 0 Å². The molecule has 0 saturated carbocycles. The molecule has 0 spiro atoms. The molecule has 3 rings (SSSR count). The van der Waals surface area contributed by atoms with Crippen LogP contribution < -0.4 is 0 Å². The van der Waals surface area contributed by atoms with E-state index in [4.69, 9.17) is 5.11 Å². The predicted molar refractivity (Wildman–Crippen MR) is 123 cm³/mol. The third-order valence-corrected chi connectivity index (χ3v) is 6.23. The number of hydrogen-bond acceptors (Lipinski definition) is 1. The smallest absolute Gasteiger partial charge is 0.335 e. The van der Waals surface area contributed by atoms with Crippen LogP contribution in [0.15, 0.2) is 36.4 Å². The van der Waals surface area contributed by atoms with Gasteiger partial charge in [-0.3, -0.25) is 0 Å². The maximum atomic E-state index is 11.1. The predicted octanol–water partition coefficient (Wildman–Crippen LogP) is 7.10. The Morgan fingerprint density at radius 1 is 1.00 bits per heavy atom. The zero-order valence-corrected chi connectivity index (χ0v) is 18.7. The monoisotopic (exact) mass is 390 g/mol. The van der Waals surface area contributed by atoms with Gasteiger partial charge >= 0.3 is 5.97 Å². The van der Waals surface area contributed by atoms with Crippen molar-refractivity contribution in [3.63, 3.8) is 0 Å². The highest BCUT2D eigenvalue weighted by molar-refractivity contribution is 5.88. The lowest BCUT2D eigenvalue weighted by Gasteiger charge is -2.22. The van der Waals surface area contributed by atoms with E-state index in [-0.39, 0.29) is 10.8 Å². The van der Waals surface area contributed by atoms with E-state index in [1.165, 1.54) is 35.1 Å². The summed E-state index contributed by atoms with van der Waals surface area (Å²) in [5, 5.41) is 9.09. The van der Waals surface area contributed by atoms with Gasteiger partial charge in [-0.25, -0.2) is 4.79 Å². The molecular weight excluding hydrogens is 356 g/mol. The van der Waals surface area contributed by atoms with Crippen LogP contribution in [0, 0.1) is 5.92 Å². The van der Waals surface area contributed by atoms with Crippen molar-refractivity contribution in [3.8, 4) is 0 Å². The van der Waals surface area contributed by atoms with E-state index >= 15 is 0 Å². The maximum absolute atomic E-state index is 11.1. The van der Waals surface area contributed by atoms with Crippen molar-refractivity contribution in [2.45, 2.75) is 71.6 Å². The molecule has 0 amide bonds. The lowest BCUT2D eigenvalue weighted by atomic mass is 9.82. The molecule has 1 N–H and O–H groups in total. The minimum Gasteiger partial charge on any atom is -0.478 e. The topological polar surface area (TPSA) is 37.3 Å². The quantitative estimate of drug-likeness (QED) is 0.534. The molecule has 0 bridgehead atoms. The van der Waals surface area contributed by atoms with Crippen molar-refractivity contribution in [1.29, 1.82) is 0 Å². The molecule has 0 unspecified atom stereocenters. The van der Waals surface area contributed by atoms with Crippen molar-refractivity contribution >= 4 is 18.1 Å². The Morgan fingerprint density at radius 3 is 2.14 bits per heavy atom. The van der Waals surface area contributed by atoms with Crippen LogP contribution in [0.1, 0.15) is 92.6 Å². The van der Waals surface area contributed by atoms with Gasteiger partial charge in [-0.2, -0.15) is 0 Å². The molecule has 0 saturated heterocycles. The summed E-state index contributed by atoms with van der Waals surface area (Å²) in [4.78, 5) is 11.1. The number of carbonyl (C=O) groups is 1. The molecular formula is C27H34O2. The summed E-state index contributed by atoms with van der Waals surface area (Å²) in [5.41, 5.74) is 7.41. The lowest BCUT2D eigenvalue weighted by molar-refractivity contribution is 0.0697. The van der Waals surface area contributed by atoms with Gasteiger partial charge in [0.25, 0.3) is 0 Å². The largest absolute Gasteiger partial charge is 0.478 e. The van der Waals surface area contributed by atoms with E-state index in [1.54, 1.807) is 12.1 Å². The second-order valence-corrected chi connectivity index (χ2v) is 10.2. The third kappa shape index (κ3) is 4.63. The molecule has 0 heterocycles. The van der Waals surface area contributed by atoms with Gasteiger partial charge in [-0.1, -0.05) is 78.0 Å². The molecule has 2 aromatic rings. The van der Waals surface area contributed by atoms with E-state index in [0.717, 1.165) is 12.0 Å². The number of hydrogen-bond donors (Lipinski definition) is 1. The maximum Gasteiger partial charge on any atom is 0.335 e. The van der Waals surface area contributed by atoms with Crippen molar-refractivity contribution in [2.75, 3.05) is 0 Å². The number of benzene rings is 2. The van der Waals surface area contributed by atoms with Gasteiger partial charge in [0.15, 0.2) is 0 Å². The number of fused-ring (bicyclic) bond motifs is 1. The van der Waals surface area contributed by atoms with Crippen LogP contribution >= 0.6 is 0 Å². The number of carboxylic acid groups (broad SMARTS) is 1. The lowest BCUT2D eigenvalue weighted by Crippen LogP contribution is -2.18. The molecule has 154 valence electrons. The highest BCUT2D eigenvalue weighted by Gasteiger charge is 2.42. The minimum atomic E-state index is -0.889. The average molecular weight is 391 g/mol. The molecule has 29 heavy (non-hydrogen) atoms. The Balaban J connectivity index is 2.01. The molecule has 0 radical (unpaired) electrons. The summed E-state index contributed by atoms with van der Waals surface area (Å²) in [6.07, 6.45) is 7.73. The normalized spacial score (nSPS) is 17.1. The molecule has 0 atom stereocenters. The van der Waals surface area contributed by atoms with Crippen LogP contribution in [0.5, 0.6) is 0 Å². The Bertz CT molecular complexity index is 928. The Hall–Kier alpha value is -2.35. The molecule has 2 aromatic carbocycles. The van der Waals surface area contributed by atoms with Crippen molar-refractivity contribution in [2.24, 2.45) is 5.92 Å². The number of aromatic carboxylic acids is 1. The Morgan fingerprint density at radius 2 is 1.59 bits per heavy atom. The van der Waals surface area contributed by atoms with E-state index in [9.17, 15) is 4.79 Å². The summed E-state index contributed by atoms with van der Waals surface area (Å²) in [7, 11) is 0. The van der Waals surface area contributed by atoms with Crippen LogP contribution in [-0.4, -0.2) is 11.1 Å². The highest BCUT2D eigenvalue weighted by atomic mass is 16.4. The van der Waals surface area contributed by atoms with Gasteiger partial charge in [0.2, 0.25) is 0 Å². The molecule has 2 nitrogen and oxygen atoms in total. The molecule has 0 fully saturated rings. The standard InChI is InChI=1S/C27H34O2/c1-18(2)7-11-21-15-23-24(27(5,6)17-26(23,3)4)16-22(21)14-10-19-8-12-20(13-9-19)25(28)29/h8-10,12-16,18H,7,11,17H2,1-6H3,(H,28,29). The molecule has 1 aliphatic rings. The van der Waals surface area contributed by atoms with Crippen molar-refractivity contribution < 1.29 is 9.90 Å². The first-order valence-electron chi connectivity index (χ1n) is 10.7. The third-order valence-electron chi connectivity index (χ3n) is 6.23. The minimum absolute atomic E-state index is 0.182. The van der Waals surface area contributed by atoms with Crippen LogP contribution in [0.3, 0.4) is 0 Å². The summed E-state index contributed by atoms with van der Waals surface area (Å²) in [6, 6.07) is 11.9. The fraction of sp³-hybridized carbons (Fsp3) is 0.444. The molecule has 2 heteroatoms. The summed E-state index contributed by atoms with van der Waals surface area (Å²) in [5.74, 6) is -0.215. The van der Waals surface area contributed by atoms with Gasteiger partial charge < -0.3 is 5.11 Å². The average Bonchev–Trinajstić information content (AvgIpc) is 2.81. The zero-order valence-electron chi connectivity index (χ0n) is 18.7. The summed E-state index contributed by atoms with van der Waals surface area (Å²) >= 11 is 0. The van der Waals surface area contributed by atoms with Crippen molar-refractivity contribution in [3.05, 3.63) is 69.8 Å². The molecule has 0 aromatic heterocycles. The first-order chi connectivity index (χ1) is 13.5. The van der Waals surface area contributed by atoms with Crippen molar-refractivity contribution in [1.82, 2.24) is 0 Å². The number of rotatable bonds is 6. The van der Waals surface area contributed by atoms with E-state index in [2.05, 4.69) is 65.8 Å². The number of carboxylic acids is 1. The molecule has 0 aliphatic heterocycles. The van der Waals surface area contributed by atoms with Gasteiger partial charge in [-0.15, -0.1) is 0 Å². The van der Waals surface area contributed by atoms with E-state index in [1.807, 2.05) is 12.1 Å². The van der Waals surface area contributed by atoms with E-state index < -0.39 is 5.97 Å². The summed E-state index contributed by atoms with van der Waals surface area (Å²) < 4.78 is 0. The van der Waals surface area contributed by atoms with Gasteiger partial charge in [0.1, 0.15) is 0 Å². The fourth-order valence-electron chi connectivity index (χ4n) is 4.82. The first-order valence-corrected chi connectivity index (χ1v) is 10.7. The Labute approximate surface area is 175 Å². The van der Waals surface area contributed by atoms with Crippen LogP contribution in [0.2, 0.25) is 0 Å². The molecule has 1 aliphatic carbocycles. The van der Waals surface area contributed by atoms with E-state index in [0.29, 0.717) is 11.5 Å². The second-order valence-electron chi connectivity index (χ2n) is 10.2. The van der Waals surface area contributed by atoms with Crippen LogP contribution in [0.25, 0.3) is 12.2 Å². The van der Waals surface area contributed by atoms with Gasteiger partial charge in [-0.05, 0) is 76.0 Å². The Kier molecular flexibility index (Phi) is 5.76. The second kappa shape index (κ2) is 7.82. The number of aryl methyl sites for hydroxylation is 1. The fourth-order valence-corrected chi connectivity index (χ4v) is 4.82. The zero-order chi connectivity index (χ0) is 21.4. The first kappa shape index (κ1) is 21.4. The van der Waals surface area contributed by atoms with Gasteiger partial charge in [0.05, 0.1) is 5.56 Å². The SMILES string of the molecule is CC(C)CCc1cc2c(cc1C=Cc1ccc(C(=O)O)cc1)C(C)(C)CC2(C)C. The highest BCUT2D eigenvalue weighted by Crippen LogP contribution is 2.50. The van der Waals surface area contributed by atoms with Crippen LogP contribution in [-0.2, 0) is 17.3 Å². The summed E-state index contributed by atoms with van der Waals surface area (Å²) in [6.45, 7) is 14.0. The van der Waals surface area contributed by atoms with Gasteiger partial charge in [0, 0.05) is 0 Å².